The Labute approximate surface area is 325 Å². The molecule has 0 aliphatic carbocycles. The van der Waals surface area contributed by atoms with Crippen LogP contribution in [0.25, 0.3) is 11.1 Å². The molecule has 1 unspecified atom stereocenters. The van der Waals surface area contributed by atoms with Crippen molar-refractivity contribution in [3.8, 4) is 11.1 Å². The van der Waals surface area contributed by atoms with Gasteiger partial charge in [0.2, 0.25) is 11.8 Å². The molecule has 0 spiro atoms. The zero-order valence-electron chi connectivity index (χ0n) is 33.7. The van der Waals surface area contributed by atoms with E-state index < -0.39 is 54.3 Å². The van der Waals surface area contributed by atoms with Crippen LogP contribution in [0.5, 0.6) is 0 Å². The fourth-order valence-corrected chi connectivity index (χ4v) is 9.80. The van der Waals surface area contributed by atoms with Crippen LogP contribution in [0.1, 0.15) is 63.8 Å². The molecule has 2 atom stereocenters. The monoisotopic (exact) mass is 807 g/mol. The number of carbonyl (C=O) groups is 2. The number of likely N-dealkylation sites (N-methyl/N-ethyl adjacent to an activating group) is 1. The predicted molar refractivity (Wildman–Crippen MR) is 208 cm³/mol. The summed E-state index contributed by atoms with van der Waals surface area (Å²) in [5.74, 6) is -0.651. The molecule has 56 heavy (non-hydrogen) atoms. The van der Waals surface area contributed by atoms with Gasteiger partial charge in [-0.2, -0.15) is 26.3 Å². The van der Waals surface area contributed by atoms with Crippen LogP contribution in [0.3, 0.4) is 0 Å². The lowest BCUT2D eigenvalue weighted by Gasteiger charge is -2.53. The van der Waals surface area contributed by atoms with Gasteiger partial charge in [0.05, 0.1) is 36.5 Å². The topological polar surface area (TPSA) is 60.0 Å². The molecule has 2 aliphatic rings. The first kappa shape index (κ1) is 43.1. The maximum Gasteiger partial charge on any atom is 0.416 e. The summed E-state index contributed by atoms with van der Waals surface area (Å²) in [4.78, 5) is 39.4. The van der Waals surface area contributed by atoms with E-state index in [4.69, 9.17) is 4.98 Å². The number of aryl methyl sites for hydroxylation is 1. The molecular formula is C41H52F7N5O2Si. The number of halogens is 7. The van der Waals surface area contributed by atoms with Gasteiger partial charge in [0.15, 0.2) is 0 Å². The number of rotatable bonds is 7. The second-order valence-electron chi connectivity index (χ2n) is 17.6. The highest BCUT2D eigenvalue weighted by Gasteiger charge is 2.45. The van der Waals surface area contributed by atoms with Crippen LogP contribution < -0.4 is 9.80 Å². The van der Waals surface area contributed by atoms with Crippen LogP contribution in [0.15, 0.2) is 48.7 Å². The number of nitrogens with zero attached hydrogens (tertiary/aromatic N) is 5. The fraction of sp³-hybridized carbons (Fsp3) is 0.537. The van der Waals surface area contributed by atoms with E-state index in [1.54, 1.807) is 19.9 Å². The van der Waals surface area contributed by atoms with Gasteiger partial charge in [0.1, 0.15) is 11.6 Å². The molecule has 2 aliphatic heterocycles. The number of piperazine rings is 2. The van der Waals surface area contributed by atoms with E-state index in [0.717, 1.165) is 19.1 Å². The average molecular weight is 808 g/mol. The predicted octanol–water partition coefficient (Wildman–Crippen LogP) is 9.40. The third-order valence-electron chi connectivity index (χ3n) is 12.3. The Bertz CT molecular complexity index is 1940. The molecule has 0 bridgehead atoms. The minimum Gasteiger partial charge on any atom is -0.351 e. The van der Waals surface area contributed by atoms with Crippen LogP contribution in [0.2, 0.25) is 24.2 Å². The first-order valence-corrected chi connectivity index (χ1v) is 21.9. The Hall–Kier alpha value is -3.98. The molecule has 306 valence electrons. The van der Waals surface area contributed by atoms with Crippen LogP contribution in [0, 0.1) is 12.7 Å². The number of alkyl halides is 6. The van der Waals surface area contributed by atoms with Gasteiger partial charge in [-0.25, -0.2) is 9.37 Å². The maximum atomic E-state index is 14.5. The van der Waals surface area contributed by atoms with E-state index >= 15 is 0 Å². The minimum atomic E-state index is -5.09. The Morgan fingerprint density at radius 1 is 0.839 bits per heavy atom. The lowest BCUT2D eigenvalue weighted by Crippen LogP contribution is -2.66. The standard InChI is InChI=1S/C41H52F7N5O2Si/c1-25-15-30(42)11-12-33(25)34-19-36(53-23-31-21-51(26(2)54)13-14-52(31)22-32(53)24-56(9,10)38(3,4)5)49-20-35(34)50(8)37(55)39(6,7)27-16-28(40(43,44)45)18-29(17-27)41(46,47)48/h11-12,15-20,31-32H,13-14,21-24H2,1-10H3/t31?,32-/m1/s1. The zero-order chi connectivity index (χ0) is 41.9. The van der Waals surface area contributed by atoms with Crippen molar-refractivity contribution in [1.82, 2.24) is 14.8 Å². The molecule has 2 saturated heterocycles. The molecule has 5 rings (SSSR count). The number of anilines is 2. The van der Waals surface area contributed by atoms with E-state index in [1.165, 1.54) is 44.1 Å². The van der Waals surface area contributed by atoms with Gasteiger partial charge in [-0.05, 0) is 84.9 Å². The SMILES string of the molecule is CC(=O)N1CCN2C[C@H](C[Si](C)(C)C(C)(C)C)N(c3cc(-c4ccc(F)cc4C)c(N(C)C(=O)C(C)(C)c4cc(C(F)(F)F)cc(C(F)(F)F)c4)cn3)CC2C1. The lowest BCUT2D eigenvalue weighted by molar-refractivity contribution is -0.143. The van der Waals surface area contributed by atoms with Crippen molar-refractivity contribution >= 4 is 31.4 Å². The van der Waals surface area contributed by atoms with Gasteiger partial charge in [-0.3, -0.25) is 14.5 Å². The van der Waals surface area contributed by atoms with Crippen molar-refractivity contribution in [1.29, 1.82) is 0 Å². The fourth-order valence-electron chi connectivity index (χ4n) is 7.66. The molecule has 15 heteroatoms. The molecule has 2 amide bonds. The lowest BCUT2D eigenvalue weighted by atomic mass is 9.81. The van der Waals surface area contributed by atoms with Gasteiger partial charge < -0.3 is 14.7 Å². The van der Waals surface area contributed by atoms with Crippen LogP contribution in [-0.2, 0) is 27.4 Å². The Balaban J connectivity index is 1.63. The molecule has 7 nitrogen and oxygen atoms in total. The normalized spacial score (nSPS) is 18.9. The molecular weight excluding hydrogens is 756 g/mol. The molecule has 3 aromatic rings. The molecule has 0 radical (unpaired) electrons. The van der Waals surface area contributed by atoms with Crippen molar-refractivity contribution in [2.24, 2.45) is 0 Å². The van der Waals surface area contributed by atoms with Crippen LogP contribution in [-0.4, -0.2) is 86.5 Å². The second-order valence-corrected chi connectivity index (χ2v) is 23.2. The molecule has 2 fully saturated rings. The summed E-state index contributed by atoms with van der Waals surface area (Å²) >= 11 is 0. The van der Waals surface area contributed by atoms with E-state index in [9.17, 15) is 40.3 Å². The number of pyridine rings is 1. The number of hydrogen-bond donors (Lipinski definition) is 0. The first-order valence-electron chi connectivity index (χ1n) is 18.7. The smallest absolute Gasteiger partial charge is 0.351 e. The van der Waals surface area contributed by atoms with Gasteiger partial charge in [0.25, 0.3) is 0 Å². The Morgan fingerprint density at radius 2 is 1.43 bits per heavy atom. The van der Waals surface area contributed by atoms with Gasteiger partial charge >= 0.3 is 12.4 Å². The molecule has 2 aromatic carbocycles. The zero-order valence-corrected chi connectivity index (χ0v) is 34.7. The number of amides is 2. The van der Waals surface area contributed by atoms with Gasteiger partial charge in [-0.1, -0.05) is 39.9 Å². The van der Waals surface area contributed by atoms with Crippen molar-refractivity contribution < 1.29 is 40.3 Å². The van der Waals surface area contributed by atoms with E-state index in [2.05, 4.69) is 43.7 Å². The summed E-state index contributed by atoms with van der Waals surface area (Å²) in [5, 5.41) is 0.0902. The number of fused-ring (bicyclic) bond motifs is 1. The van der Waals surface area contributed by atoms with E-state index in [0.29, 0.717) is 54.3 Å². The molecule has 3 heterocycles. The number of benzene rings is 2. The summed E-state index contributed by atoms with van der Waals surface area (Å²) in [6.07, 6.45) is -8.69. The molecule has 1 aromatic heterocycles. The molecule has 0 saturated carbocycles. The highest BCUT2D eigenvalue weighted by atomic mass is 28.3. The maximum absolute atomic E-state index is 14.5. The van der Waals surface area contributed by atoms with Crippen molar-refractivity contribution in [3.05, 3.63) is 76.7 Å². The largest absolute Gasteiger partial charge is 0.416 e. The van der Waals surface area contributed by atoms with E-state index in [-0.39, 0.29) is 34.8 Å². The summed E-state index contributed by atoms with van der Waals surface area (Å²) in [7, 11) is -0.471. The summed E-state index contributed by atoms with van der Waals surface area (Å²) < 4.78 is 97.6. The van der Waals surface area contributed by atoms with Crippen LogP contribution in [0.4, 0.5) is 42.2 Å². The number of hydrogen-bond acceptors (Lipinski definition) is 5. The van der Waals surface area contributed by atoms with Crippen molar-refractivity contribution in [2.75, 3.05) is 49.6 Å². The average Bonchev–Trinajstić information content (AvgIpc) is 3.08. The second kappa shape index (κ2) is 15.1. The number of carbonyl (C=O) groups excluding carboxylic acids is 2. The van der Waals surface area contributed by atoms with Crippen molar-refractivity contribution in [2.45, 2.75) is 102 Å². The summed E-state index contributed by atoms with van der Waals surface area (Å²) in [5.41, 5.74) is -3.51. The quantitative estimate of drug-likeness (QED) is 0.176. The van der Waals surface area contributed by atoms with E-state index in [1.807, 2.05) is 11.0 Å². The van der Waals surface area contributed by atoms with Crippen molar-refractivity contribution in [3.63, 3.8) is 0 Å². The Morgan fingerprint density at radius 3 is 1.96 bits per heavy atom. The third-order valence-corrected chi connectivity index (χ3v) is 17.8. The summed E-state index contributed by atoms with van der Waals surface area (Å²) in [6.45, 7) is 20.7. The van der Waals surface area contributed by atoms with Gasteiger partial charge in [-0.15, -0.1) is 0 Å². The summed E-state index contributed by atoms with van der Waals surface area (Å²) in [6, 6.07) is 8.26. The van der Waals surface area contributed by atoms with Gasteiger partial charge in [0, 0.05) is 64.3 Å². The highest BCUT2D eigenvalue weighted by molar-refractivity contribution is 6.80. The highest BCUT2D eigenvalue weighted by Crippen LogP contribution is 2.44. The number of aromatic nitrogens is 1. The third kappa shape index (κ3) is 8.78. The molecule has 0 N–H and O–H groups in total. The Kier molecular flexibility index (Phi) is 11.6. The minimum absolute atomic E-state index is 0.00605. The van der Waals surface area contributed by atoms with Crippen LogP contribution >= 0.6 is 0 Å². The first-order chi connectivity index (χ1) is 25.6.